The van der Waals surface area contributed by atoms with Crippen molar-refractivity contribution in [3.63, 3.8) is 0 Å². The molecule has 1 N–H and O–H groups in total. The van der Waals surface area contributed by atoms with E-state index in [1.165, 1.54) is 19.3 Å². The minimum Gasteiger partial charge on any atom is -0.336 e. The molecule has 0 radical (unpaired) electrons. The number of amides is 1. The number of nitrogens with zero attached hydrogens (tertiary/aromatic N) is 4. The molecule has 1 amide bonds. The molecule has 0 spiro atoms. The highest BCUT2D eigenvalue weighted by atomic mass is 16.2. The third kappa shape index (κ3) is 3.00. The monoisotopic (exact) mass is 377 g/mol. The highest BCUT2D eigenvalue weighted by Gasteiger charge is 2.30. The second-order valence-electron chi connectivity index (χ2n) is 7.90. The molecule has 3 heterocycles. The van der Waals surface area contributed by atoms with Crippen LogP contribution in [0.25, 0.3) is 11.0 Å². The molecule has 2 aliphatic rings. The summed E-state index contributed by atoms with van der Waals surface area (Å²) < 4.78 is 1.84. The number of H-pyrrole nitrogens is 1. The molecular weight excluding hydrogens is 354 g/mol. The van der Waals surface area contributed by atoms with Gasteiger partial charge in [0.15, 0.2) is 5.65 Å². The summed E-state index contributed by atoms with van der Waals surface area (Å²) >= 11 is 0. The summed E-state index contributed by atoms with van der Waals surface area (Å²) in [6, 6.07) is 9.38. The Morgan fingerprint density at radius 3 is 2.75 bits per heavy atom. The molecular formula is C21H23N5O2. The Morgan fingerprint density at radius 1 is 1.18 bits per heavy atom. The van der Waals surface area contributed by atoms with Gasteiger partial charge in [-0.2, -0.15) is 5.10 Å². The Hall–Kier alpha value is -2.96. The molecule has 1 saturated heterocycles. The van der Waals surface area contributed by atoms with Crippen LogP contribution in [0.2, 0.25) is 0 Å². The minimum atomic E-state index is -0.124. The Morgan fingerprint density at radius 2 is 2.00 bits per heavy atom. The van der Waals surface area contributed by atoms with E-state index in [2.05, 4.69) is 10.1 Å². The fourth-order valence-corrected chi connectivity index (χ4v) is 4.21. The summed E-state index contributed by atoms with van der Waals surface area (Å²) in [5.41, 5.74) is 1.21. The summed E-state index contributed by atoms with van der Waals surface area (Å²) in [6.07, 6.45) is 6.90. The highest BCUT2D eigenvalue weighted by Crippen LogP contribution is 2.29. The lowest BCUT2D eigenvalue weighted by Crippen LogP contribution is -2.29. The SMILES string of the molecule is O=C(c1ccccc1)N1CCC(n2ncc3c(=O)[nH]c(CC4CCC4)nc32)C1. The van der Waals surface area contributed by atoms with Gasteiger partial charge in [0.1, 0.15) is 11.2 Å². The maximum absolute atomic E-state index is 12.7. The van der Waals surface area contributed by atoms with Crippen LogP contribution in [0.3, 0.4) is 0 Å². The van der Waals surface area contributed by atoms with Gasteiger partial charge in [0.05, 0.1) is 12.2 Å². The first-order chi connectivity index (χ1) is 13.7. The van der Waals surface area contributed by atoms with E-state index in [4.69, 9.17) is 4.98 Å². The molecule has 5 rings (SSSR count). The normalized spacial score (nSPS) is 19.9. The van der Waals surface area contributed by atoms with Gasteiger partial charge in [-0.05, 0) is 24.5 Å². The molecule has 7 nitrogen and oxygen atoms in total. The quantitative estimate of drug-likeness (QED) is 0.757. The molecule has 2 fully saturated rings. The number of carbonyl (C=O) groups excluding carboxylic acids is 1. The first kappa shape index (κ1) is 17.2. The van der Waals surface area contributed by atoms with Crippen molar-refractivity contribution in [2.24, 2.45) is 5.92 Å². The van der Waals surface area contributed by atoms with Gasteiger partial charge in [-0.25, -0.2) is 9.67 Å². The van der Waals surface area contributed by atoms with Gasteiger partial charge in [0.2, 0.25) is 0 Å². The summed E-state index contributed by atoms with van der Waals surface area (Å²) in [6.45, 7) is 1.26. The molecule has 1 aromatic carbocycles. The number of rotatable bonds is 4. The van der Waals surface area contributed by atoms with Crippen LogP contribution in [0.5, 0.6) is 0 Å². The summed E-state index contributed by atoms with van der Waals surface area (Å²) in [4.78, 5) is 34.7. The van der Waals surface area contributed by atoms with E-state index in [0.717, 1.165) is 18.7 Å². The number of nitrogens with one attached hydrogen (secondary N) is 1. The van der Waals surface area contributed by atoms with Crippen LogP contribution in [-0.4, -0.2) is 43.6 Å². The van der Waals surface area contributed by atoms with Gasteiger partial charge in [-0.1, -0.05) is 37.5 Å². The lowest BCUT2D eigenvalue weighted by atomic mass is 9.83. The van der Waals surface area contributed by atoms with Crippen molar-refractivity contribution < 1.29 is 4.79 Å². The average Bonchev–Trinajstić information content (AvgIpc) is 3.32. The lowest BCUT2D eigenvalue weighted by molar-refractivity contribution is 0.0787. The summed E-state index contributed by atoms with van der Waals surface area (Å²) in [5, 5.41) is 4.97. The van der Waals surface area contributed by atoms with Crippen molar-refractivity contribution in [2.75, 3.05) is 13.1 Å². The Bertz CT molecular complexity index is 1070. The molecule has 144 valence electrons. The zero-order chi connectivity index (χ0) is 19.1. The smallest absolute Gasteiger partial charge is 0.262 e. The third-order valence-corrected chi connectivity index (χ3v) is 6.04. The maximum atomic E-state index is 12.7. The maximum Gasteiger partial charge on any atom is 0.262 e. The molecule has 0 bridgehead atoms. The van der Waals surface area contributed by atoms with E-state index in [0.29, 0.717) is 35.6 Å². The second-order valence-corrected chi connectivity index (χ2v) is 7.90. The Balaban J connectivity index is 1.40. The number of fused-ring (bicyclic) bond motifs is 1. The van der Waals surface area contributed by atoms with E-state index in [1.807, 2.05) is 39.9 Å². The van der Waals surface area contributed by atoms with Crippen LogP contribution in [0.4, 0.5) is 0 Å². The number of aromatic nitrogens is 4. The van der Waals surface area contributed by atoms with Gasteiger partial charge in [-0.3, -0.25) is 9.59 Å². The summed E-state index contributed by atoms with van der Waals surface area (Å²) in [5.74, 6) is 1.41. The van der Waals surface area contributed by atoms with E-state index in [-0.39, 0.29) is 17.5 Å². The van der Waals surface area contributed by atoms with Crippen LogP contribution in [0.1, 0.15) is 47.9 Å². The second kappa shape index (κ2) is 6.89. The van der Waals surface area contributed by atoms with Crippen molar-refractivity contribution >= 4 is 16.9 Å². The van der Waals surface area contributed by atoms with Crippen LogP contribution >= 0.6 is 0 Å². The zero-order valence-electron chi connectivity index (χ0n) is 15.7. The van der Waals surface area contributed by atoms with Gasteiger partial charge in [0.25, 0.3) is 11.5 Å². The van der Waals surface area contributed by atoms with Crippen molar-refractivity contribution in [1.29, 1.82) is 0 Å². The molecule has 2 aromatic heterocycles. The number of likely N-dealkylation sites (tertiary alicyclic amines) is 1. The van der Waals surface area contributed by atoms with Crippen molar-refractivity contribution in [3.8, 4) is 0 Å². The first-order valence-electron chi connectivity index (χ1n) is 10.00. The minimum absolute atomic E-state index is 0.0380. The molecule has 28 heavy (non-hydrogen) atoms. The first-order valence-corrected chi connectivity index (χ1v) is 10.00. The lowest BCUT2D eigenvalue weighted by Gasteiger charge is -2.24. The molecule has 1 aliphatic heterocycles. The standard InChI is InChI=1S/C21H23N5O2/c27-20-17-12-22-26(19(17)23-18(24-20)11-14-5-4-6-14)16-9-10-25(13-16)21(28)15-7-2-1-3-8-15/h1-3,7-8,12,14,16H,4-6,9-11,13H2,(H,23,24,27). The number of hydrogen-bond acceptors (Lipinski definition) is 4. The Labute approximate surface area is 162 Å². The van der Waals surface area contributed by atoms with Crippen molar-refractivity contribution in [2.45, 2.75) is 38.1 Å². The highest BCUT2D eigenvalue weighted by molar-refractivity contribution is 5.94. The molecule has 1 saturated carbocycles. The molecule has 1 unspecified atom stereocenters. The van der Waals surface area contributed by atoms with Crippen LogP contribution in [0, 0.1) is 5.92 Å². The van der Waals surface area contributed by atoms with E-state index >= 15 is 0 Å². The fourth-order valence-electron chi connectivity index (χ4n) is 4.21. The average molecular weight is 377 g/mol. The van der Waals surface area contributed by atoms with Crippen LogP contribution < -0.4 is 5.56 Å². The van der Waals surface area contributed by atoms with E-state index in [9.17, 15) is 9.59 Å². The Kier molecular flexibility index (Phi) is 4.22. The van der Waals surface area contributed by atoms with Gasteiger partial charge in [0, 0.05) is 25.1 Å². The predicted molar refractivity (Wildman–Crippen MR) is 105 cm³/mol. The van der Waals surface area contributed by atoms with E-state index < -0.39 is 0 Å². The molecule has 3 aromatic rings. The van der Waals surface area contributed by atoms with Gasteiger partial charge < -0.3 is 9.88 Å². The van der Waals surface area contributed by atoms with Crippen molar-refractivity contribution in [1.82, 2.24) is 24.6 Å². The number of carbonyl (C=O) groups is 1. The van der Waals surface area contributed by atoms with E-state index in [1.54, 1.807) is 6.20 Å². The number of hydrogen-bond donors (Lipinski definition) is 1. The van der Waals surface area contributed by atoms with Crippen LogP contribution in [-0.2, 0) is 6.42 Å². The third-order valence-electron chi connectivity index (χ3n) is 6.04. The molecule has 1 atom stereocenters. The molecule has 1 aliphatic carbocycles. The van der Waals surface area contributed by atoms with Gasteiger partial charge in [-0.15, -0.1) is 0 Å². The summed E-state index contributed by atoms with van der Waals surface area (Å²) in [7, 11) is 0. The number of benzene rings is 1. The number of aromatic amines is 1. The topological polar surface area (TPSA) is 83.9 Å². The molecule has 7 heteroatoms. The van der Waals surface area contributed by atoms with Crippen LogP contribution in [0.15, 0.2) is 41.3 Å². The zero-order valence-corrected chi connectivity index (χ0v) is 15.7. The van der Waals surface area contributed by atoms with Crippen molar-refractivity contribution in [3.05, 3.63) is 58.3 Å². The largest absolute Gasteiger partial charge is 0.336 e. The predicted octanol–water partition coefficient (Wildman–Crippen LogP) is 2.55. The fraction of sp³-hybridized carbons (Fsp3) is 0.429. The van der Waals surface area contributed by atoms with Gasteiger partial charge >= 0.3 is 0 Å².